The molecule has 1 aliphatic carbocycles. The van der Waals surface area contributed by atoms with Gasteiger partial charge in [-0.2, -0.15) is 0 Å². The van der Waals surface area contributed by atoms with Crippen molar-refractivity contribution in [1.82, 2.24) is 29.9 Å². The quantitative estimate of drug-likeness (QED) is 0.671. The van der Waals surface area contributed by atoms with Crippen LogP contribution in [0.5, 0.6) is 5.88 Å². The number of rotatable bonds is 5. The summed E-state index contributed by atoms with van der Waals surface area (Å²) < 4.78 is 7.85. The molecule has 3 aromatic rings. The SMILES string of the molecule is Cn1cc(CN2CCN(c3ccc4ncnc(OC5CCC5)c4c3)CC2)nn1. The van der Waals surface area contributed by atoms with E-state index in [0.29, 0.717) is 6.10 Å². The number of hydrogen-bond acceptors (Lipinski definition) is 7. The van der Waals surface area contributed by atoms with Crippen molar-refractivity contribution in [2.24, 2.45) is 7.05 Å². The molecule has 8 heteroatoms. The van der Waals surface area contributed by atoms with E-state index in [4.69, 9.17) is 4.74 Å². The van der Waals surface area contributed by atoms with Crippen LogP contribution in [-0.2, 0) is 13.6 Å². The van der Waals surface area contributed by atoms with E-state index in [1.165, 1.54) is 12.1 Å². The Morgan fingerprint density at radius 2 is 1.96 bits per heavy atom. The molecular weight excluding hydrogens is 354 g/mol. The standard InChI is InChI=1S/C20H25N7O/c1-25-12-15(23-24-25)13-26-7-9-27(10-8-26)16-5-6-19-18(11-16)20(22-14-21-19)28-17-3-2-4-17/h5-6,11-12,14,17H,2-4,7-10,13H2,1H3. The first kappa shape index (κ1) is 17.4. The van der Waals surface area contributed by atoms with Crippen molar-refractivity contribution in [3.63, 3.8) is 0 Å². The van der Waals surface area contributed by atoms with Gasteiger partial charge in [0.1, 0.15) is 12.4 Å². The molecule has 0 N–H and O–H groups in total. The van der Waals surface area contributed by atoms with E-state index >= 15 is 0 Å². The molecule has 1 saturated carbocycles. The van der Waals surface area contributed by atoms with Crippen LogP contribution >= 0.6 is 0 Å². The number of benzene rings is 1. The number of aryl methyl sites for hydroxylation is 1. The highest BCUT2D eigenvalue weighted by Crippen LogP contribution is 2.31. The monoisotopic (exact) mass is 379 g/mol. The van der Waals surface area contributed by atoms with Gasteiger partial charge in [0.25, 0.3) is 0 Å². The Hall–Kier alpha value is -2.74. The second-order valence-electron chi connectivity index (χ2n) is 7.70. The molecule has 0 bridgehead atoms. The zero-order chi connectivity index (χ0) is 18.9. The largest absolute Gasteiger partial charge is 0.474 e. The number of aromatic nitrogens is 5. The third kappa shape index (κ3) is 3.52. The molecule has 8 nitrogen and oxygen atoms in total. The van der Waals surface area contributed by atoms with Crippen LogP contribution in [-0.4, -0.2) is 62.1 Å². The van der Waals surface area contributed by atoms with Crippen molar-refractivity contribution in [1.29, 1.82) is 0 Å². The minimum atomic E-state index is 0.311. The molecule has 28 heavy (non-hydrogen) atoms. The molecule has 0 spiro atoms. The first-order valence-electron chi connectivity index (χ1n) is 9.98. The van der Waals surface area contributed by atoms with E-state index in [0.717, 1.165) is 68.0 Å². The van der Waals surface area contributed by atoms with Gasteiger partial charge in [0.05, 0.1) is 16.6 Å². The summed E-state index contributed by atoms with van der Waals surface area (Å²) in [6, 6.07) is 6.41. The van der Waals surface area contributed by atoms with E-state index < -0.39 is 0 Å². The van der Waals surface area contributed by atoms with Gasteiger partial charge in [-0.3, -0.25) is 9.58 Å². The fourth-order valence-corrected chi connectivity index (χ4v) is 3.82. The number of hydrogen-bond donors (Lipinski definition) is 0. The maximum Gasteiger partial charge on any atom is 0.224 e. The van der Waals surface area contributed by atoms with Crippen LogP contribution in [0.1, 0.15) is 25.0 Å². The molecule has 3 heterocycles. The minimum Gasteiger partial charge on any atom is -0.474 e. The zero-order valence-electron chi connectivity index (χ0n) is 16.2. The van der Waals surface area contributed by atoms with Crippen molar-refractivity contribution >= 4 is 16.6 Å². The Morgan fingerprint density at radius 3 is 2.68 bits per heavy atom. The molecule has 1 aliphatic heterocycles. The average Bonchev–Trinajstić information content (AvgIpc) is 3.09. The highest BCUT2D eigenvalue weighted by atomic mass is 16.5. The van der Waals surface area contributed by atoms with Crippen LogP contribution in [0.25, 0.3) is 10.9 Å². The third-order valence-corrected chi connectivity index (χ3v) is 5.69. The first-order valence-corrected chi connectivity index (χ1v) is 9.98. The van der Waals surface area contributed by atoms with Crippen molar-refractivity contribution in [2.75, 3.05) is 31.1 Å². The van der Waals surface area contributed by atoms with E-state index in [-0.39, 0.29) is 0 Å². The van der Waals surface area contributed by atoms with Crippen molar-refractivity contribution in [2.45, 2.75) is 31.9 Å². The normalized spacial score (nSPS) is 18.4. The summed E-state index contributed by atoms with van der Waals surface area (Å²) in [6.07, 6.45) is 7.39. The molecule has 0 unspecified atom stereocenters. The number of piperazine rings is 1. The summed E-state index contributed by atoms with van der Waals surface area (Å²) in [5.41, 5.74) is 3.17. The van der Waals surface area contributed by atoms with Gasteiger partial charge in [0.2, 0.25) is 5.88 Å². The fraction of sp³-hybridized carbons (Fsp3) is 0.500. The van der Waals surface area contributed by atoms with Crippen LogP contribution in [0.4, 0.5) is 5.69 Å². The molecule has 2 fully saturated rings. The lowest BCUT2D eigenvalue weighted by molar-refractivity contribution is 0.116. The molecule has 2 aliphatic rings. The average molecular weight is 379 g/mol. The smallest absolute Gasteiger partial charge is 0.224 e. The molecule has 146 valence electrons. The van der Waals surface area contributed by atoms with Crippen LogP contribution in [0.15, 0.2) is 30.7 Å². The van der Waals surface area contributed by atoms with Gasteiger partial charge in [0, 0.05) is 51.7 Å². The summed E-state index contributed by atoms with van der Waals surface area (Å²) in [6.45, 7) is 4.83. The summed E-state index contributed by atoms with van der Waals surface area (Å²) in [7, 11) is 1.90. The number of fused-ring (bicyclic) bond motifs is 1. The number of nitrogens with zero attached hydrogens (tertiary/aromatic N) is 7. The Morgan fingerprint density at radius 1 is 1.11 bits per heavy atom. The topological polar surface area (TPSA) is 72.2 Å². The summed E-state index contributed by atoms with van der Waals surface area (Å²) in [4.78, 5) is 13.7. The minimum absolute atomic E-state index is 0.311. The molecule has 2 aromatic heterocycles. The molecule has 0 amide bonds. The summed E-state index contributed by atoms with van der Waals surface area (Å²) in [5.74, 6) is 0.720. The molecule has 1 aromatic carbocycles. The number of ether oxygens (including phenoxy) is 1. The van der Waals surface area contributed by atoms with Crippen LogP contribution in [0, 0.1) is 0 Å². The predicted molar refractivity (Wildman–Crippen MR) is 106 cm³/mol. The molecular formula is C20H25N7O. The van der Waals surface area contributed by atoms with Crippen molar-refractivity contribution in [3.05, 3.63) is 36.4 Å². The zero-order valence-corrected chi connectivity index (χ0v) is 16.2. The van der Waals surface area contributed by atoms with Gasteiger partial charge in [-0.05, 0) is 37.5 Å². The summed E-state index contributed by atoms with van der Waals surface area (Å²) >= 11 is 0. The summed E-state index contributed by atoms with van der Waals surface area (Å²) in [5, 5.41) is 9.22. The predicted octanol–water partition coefficient (Wildman–Crippen LogP) is 2.01. The highest BCUT2D eigenvalue weighted by molar-refractivity contribution is 5.86. The first-order chi connectivity index (χ1) is 13.7. The van der Waals surface area contributed by atoms with Crippen molar-refractivity contribution < 1.29 is 4.74 Å². The van der Waals surface area contributed by atoms with Crippen molar-refractivity contribution in [3.8, 4) is 5.88 Å². The van der Waals surface area contributed by atoms with Gasteiger partial charge >= 0.3 is 0 Å². The van der Waals surface area contributed by atoms with E-state index in [9.17, 15) is 0 Å². The van der Waals surface area contributed by atoms with E-state index in [1.54, 1.807) is 11.0 Å². The van der Waals surface area contributed by atoms with Gasteiger partial charge in [-0.25, -0.2) is 9.97 Å². The second-order valence-corrected chi connectivity index (χ2v) is 7.70. The van der Waals surface area contributed by atoms with Crippen LogP contribution in [0.3, 0.4) is 0 Å². The van der Waals surface area contributed by atoms with Gasteiger partial charge in [-0.15, -0.1) is 5.10 Å². The Labute approximate surface area is 164 Å². The Kier molecular flexibility index (Phi) is 4.56. The lowest BCUT2D eigenvalue weighted by Gasteiger charge is -2.35. The lowest BCUT2D eigenvalue weighted by Crippen LogP contribution is -2.46. The van der Waals surface area contributed by atoms with E-state index in [2.05, 4.69) is 48.3 Å². The third-order valence-electron chi connectivity index (χ3n) is 5.69. The maximum absolute atomic E-state index is 6.10. The Balaban J connectivity index is 1.29. The van der Waals surface area contributed by atoms with E-state index in [1.807, 2.05) is 13.2 Å². The second kappa shape index (κ2) is 7.35. The highest BCUT2D eigenvalue weighted by Gasteiger charge is 2.22. The molecule has 0 radical (unpaired) electrons. The Bertz CT molecular complexity index is 960. The van der Waals surface area contributed by atoms with Crippen LogP contribution < -0.4 is 9.64 Å². The molecule has 1 saturated heterocycles. The molecule has 5 rings (SSSR count). The number of anilines is 1. The maximum atomic E-state index is 6.10. The fourth-order valence-electron chi connectivity index (χ4n) is 3.82. The molecule has 0 atom stereocenters. The van der Waals surface area contributed by atoms with Gasteiger partial charge < -0.3 is 9.64 Å². The van der Waals surface area contributed by atoms with Crippen LogP contribution in [0.2, 0.25) is 0 Å². The van der Waals surface area contributed by atoms with Gasteiger partial charge in [0.15, 0.2) is 0 Å². The van der Waals surface area contributed by atoms with Gasteiger partial charge in [-0.1, -0.05) is 5.21 Å². The lowest BCUT2D eigenvalue weighted by atomic mass is 9.96.